The molecule has 0 radical (unpaired) electrons. The van der Waals surface area contributed by atoms with Crippen molar-refractivity contribution in [2.45, 2.75) is 104 Å². The lowest BCUT2D eigenvalue weighted by Gasteiger charge is -2.59. The Morgan fingerprint density at radius 2 is 1.61 bits per heavy atom. The molecule has 0 saturated heterocycles. The molecule has 3 aliphatic carbocycles. The second-order valence-electron chi connectivity index (χ2n) is 13.9. The summed E-state index contributed by atoms with van der Waals surface area (Å²) >= 11 is 0. The first-order chi connectivity index (χ1) is 20.5. The van der Waals surface area contributed by atoms with Gasteiger partial charge in [0.15, 0.2) is 6.10 Å². The monoisotopic (exact) mass is 611 g/mol. The molecule has 0 aromatic heterocycles. The molecule has 2 N–H and O–H groups in total. The number of nitrogens with zero attached hydrogens (tertiary/aromatic N) is 1. The van der Waals surface area contributed by atoms with E-state index in [2.05, 4.69) is 6.58 Å². The molecule has 3 aliphatic rings. The number of carbonyl (C=O) groups excluding carboxylic acids is 3. The molecule has 9 atom stereocenters. The third-order valence-electron chi connectivity index (χ3n) is 10.5. The van der Waals surface area contributed by atoms with Gasteiger partial charge in [0, 0.05) is 31.2 Å². The van der Waals surface area contributed by atoms with Crippen molar-refractivity contribution in [3.05, 3.63) is 59.2 Å². The number of rotatable bonds is 7. The lowest BCUT2D eigenvalue weighted by atomic mass is 9.49. The van der Waals surface area contributed by atoms with Crippen LogP contribution in [0.5, 0.6) is 0 Å². The largest absolute Gasteiger partial charge is 0.458 e. The molecule has 9 heteroatoms. The Balaban J connectivity index is 1.70. The molecule has 2 fully saturated rings. The standard InChI is InChI=1S/C35H49NO8/c1-19-26(44-28(39)18-25(36(8)9)23-13-11-10-12-14-23)15-16-35(7)29(19)31(40)24-17-27(42-21(3)37)20(2)30(34(24,5)6)32(33(35)41)43-22(4)38/h10-14,24-27,29,31-33,40-41H,1,15-18H2,2-9H3/t24-,25?,26-,27-,29-,31+,32+,33-,35+/m0/s1. The van der Waals surface area contributed by atoms with E-state index in [4.69, 9.17) is 14.2 Å². The molecule has 4 rings (SSSR count). The second-order valence-corrected chi connectivity index (χ2v) is 13.9. The van der Waals surface area contributed by atoms with Gasteiger partial charge >= 0.3 is 17.9 Å². The Labute approximate surface area is 261 Å². The SMILES string of the molecule is C=C1[C@@H](OC(=O)CC(c2ccccc2)N(C)C)CC[C@@]2(C)[C@@H](O)[C@H](OC(C)=O)C3=C(C)[C@@H](OC(C)=O)C[C@@H]([C@@H](O)[C@H]12)C3(C)C. The quantitative estimate of drug-likeness (QED) is 0.260. The van der Waals surface area contributed by atoms with E-state index >= 15 is 0 Å². The van der Waals surface area contributed by atoms with Gasteiger partial charge in [0.2, 0.25) is 0 Å². The average molecular weight is 612 g/mol. The zero-order valence-corrected chi connectivity index (χ0v) is 27.3. The highest BCUT2D eigenvalue weighted by atomic mass is 16.6. The second kappa shape index (κ2) is 12.8. The highest BCUT2D eigenvalue weighted by molar-refractivity contribution is 5.71. The summed E-state index contributed by atoms with van der Waals surface area (Å²) in [6.45, 7) is 14.6. The van der Waals surface area contributed by atoms with E-state index in [0.29, 0.717) is 30.4 Å². The number of hydrogen-bond donors (Lipinski definition) is 2. The lowest BCUT2D eigenvalue weighted by molar-refractivity contribution is -0.183. The van der Waals surface area contributed by atoms with Crippen molar-refractivity contribution in [1.29, 1.82) is 0 Å². The van der Waals surface area contributed by atoms with Crippen molar-refractivity contribution in [2.24, 2.45) is 22.7 Å². The molecule has 1 aromatic rings. The molecule has 1 aromatic carbocycles. The Kier molecular flexibility index (Phi) is 9.83. The summed E-state index contributed by atoms with van der Waals surface area (Å²) < 4.78 is 17.6. The van der Waals surface area contributed by atoms with Crippen LogP contribution in [0.25, 0.3) is 0 Å². The van der Waals surface area contributed by atoms with E-state index in [-0.39, 0.29) is 18.4 Å². The zero-order chi connectivity index (χ0) is 32.7. The van der Waals surface area contributed by atoms with Gasteiger partial charge in [0.05, 0.1) is 12.5 Å². The Morgan fingerprint density at radius 3 is 2.18 bits per heavy atom. The van der Waals surface area contributed by atoms with E-state index in [1.54, 1.807) is 0 Å². The maximum atomic E-state index is 13.4. The maximum absolute atomic E-state index is 13.4. The molecule has 9 nitrogen and oxygen atoms in total. The zero-order valence-electron chi connectivity index (χ0n) is 27.3. The molecular weight excluding hydrogens is 562 g/mol. The highest BCUT2D eigenvalue weighted by Gasteiger charge is 2.62. The molecule has 2 bridgehead atoms. The predicted molar refractivity (Wildman–Crippen MR) is 165 cm³/mol. The minimum absolute atomic E-state index is 0.135. The summed E-state index contributed by atoms with van der Waals surface area (Å²) in [5.41, 5.74) is 1.22. The molecule has 2 saturated carbocycles. The van der Waals surface area contributed by atoms with Crippen molar-refractivity contribution in [3.63, 3.8) is 0 Å². The van der Waals surface area contributed by atoms with Crippen LogP contribution < -0.4 is 0 Å². The minimum atomic E-state index is -1.21. The Bertz CT molecular complexity index is 1300. The number of aliphatic hydroxyl groups excluding tert-OH is 2. The fourth-order valence-corrected chi connectivity index (χ4v) is 8.24. The Morgan fingerprint density at radius 1 is 1.00 bits per heavy atom. The van der Waals surface area contributed by atoms with Crippen molar-refractivity contribution >= 4 is 17.9 Å². The van der Waals surface area contributed by atoms with Crippen LogP contribution >= 0.6 is 0 Å². The molecule has 0 amide bonds. The highest BCUT2D eigenvalue weighted by Crippen LogP contribution is 2.59. The van der Waals surface area contributed by atoms with Gasteiger partial charge in [-0.3, -0.25) is 14.4 Å². The number of carbonyl (C=O) groups is 3. The molecule has 0 heterocycles. The molecular formula is C35H49NO8. The van der Waals surface area contributed by atoms with E-state index in [0.717, 1.165) is 11.1 Å². The van der Waals surface area contributed by atoms with Crippen LogP contribution in [0.2, 0.25) is 0 Å². The fourth-order valence-electron chi connectivity index (χ4n) is 8.24. The third-order valence-corrected chi connectivity index (χ3v) is 10.5. The van der Waals surface area contributed by atoms with Crippen molar-refractivity contribution < 1.29 is 38.8 Å². The molecule has 0 spiro atoms. The van der Waals surface area contributed by atoms with Gasteiger partial charge in [-0.2, -0.15) is 0 Å². The van der Waals surface area contributed by atoms with Crippen LogP contribution in [0, 0.1) is 22.7 Å². The summed E-state index contributed by atoms with van der Waals surface area (Å²) in [4.78, 5) is 39.9. The van der Waals surface area contributed by atoms with E-state index < -0.39 is 65.1 Å². The van der Waals surface area contributed by atoms with Gasteiger partial charge < -0.3 is 29.3 Å². The van der Waals surface area contributed by atoms with Crippen LogP contribution in [0.3, 0.4) is 0 Å². The summed E-state index contributed by atoms with van der Waals surface area (Å²) in [6.07, 6.45) is -3.30. The number of fused-ring (bicyclic) bond motifs is 3. The summed E-state index contributed by atoms with van der Waals surface area (Å²) in [5, 5.41) is 24.4. The van der Waals surface area contributed by atoms with Gasteiger partial charge in [0.25, 0.3) is 0 Å². The van der Waals surface area contributed by atoms with Gasteiger partial charge in [-0.1, -0.05) is 57.7 Å². The smallest absolute Gasteiger partial charge is 0.308 e. The van der Waals surface area contributed by atoms with Gasteiger partial charge in [-0.25, -0.2) is 0 Å². The lowest BCUT2D eigenvalue weighted by Crippen LogP contribution is -2.63. The van der Waals surface area contributed by atoms with Gasteiger partial charge in [-0.05, 0) is 73.9 Å². The van der Waals surface area contributed by atoms with Crippen LogP contribution in [-0.2, 0) is 28.6 Å². The first kappa shape index (κ1) is 33.9. The number of benzene rings is 1. The van der Waals surface area contributed by atoms with E-state index in [9.17, 15) is 24.6 Å². The number of ether oxygens (including phenoxy) is 3. The molecule has 0 aliphatic heterocycles. The van der Waals surface area contributed by atoms with E-state index in [1.165, 1.54) is 13.8 Å². The summed E-state index contributed by atoms with van der Waals surface area (Å²) in [5.74, 6) is -2.53. The third kappa shape index (κ3) is 6.24. The predicted octanol–water partition coefficient (Wildman–Crippen LogP) is 4.53. The van der Waals surface area contributed by atoms with Gasteiger partial charge in [0.1, 0.15) is 18.3 Å². The first-order valence-electron chi connectivity index (χ1n) is 15.5. The minimum Gasteiger partial charge on any atom is -0.458 e. The maximum Gasteiger partial charge on any atom is 0.308 e. The van der Waals surface area contributed by atoms with Crippen LogP contribution in [0.4, 0.5) is 0 Å². The molecule has 1 unspecified atom stereocenters. The number of aliphatic hydroxyl groups is 2. The van der Waals surface area contributed by atoms with Crippen LogP contribution in [0.1, 0.15) is 78.8 Å². The first-order valence-corrected chi connectivity index (χ1v) is 15.5. The Hall–Kier alpha value is -3.01. The fraction of sp³-hybridized carbons (Fsp3) is 0.629. The van der Waals surface area contributed by atoms with Crippen molar-refractivity contribution in [1.82, 2.24) is 4.90 Å². The van der Waals surface area contributed by atoms with Crippen molar-refractivity contribution in [3.8, 4) is 0 Å². The number of esters is 3. The molecule has 242 valence electrons. The van der Waals surface area contributed by atoms with Gasteiger partial charge in [-0.15, -0.1) is 0 Å². The summed E-state index contributed by atoms with van der Waals surface area (Å²) in [7, 11) is 3.84. The van der Waals surface area contributed by atoms with E-state index in [1.807, 2.05) is 77.0 Å². The average Bonchev–Trinajstić information content (AvgIpc) is 2.93. The summed E-state index contributed by atoms with van der Waals surface area (Å²) in [6, 6.07) is 9.58. The molecule has 44 heavy (non-hydrogen) atoms. The van der Waals surface area contributed by atoms with Crippen molar-refractivity contribution in [2.75, 3.05) is 14.1 Å². The van der Waals surface area contributed by atoms with Crippen LogP contribution in [0.15, 0.2) is 53.6 Å². The topological polar surface area (TPSA) is 123 Å². The van der Waals surface area contributed by atoms with Crippen LogP contribution in [-0.4, -0.2) is 77.6 Å². The normalized spacial score (nSPS) is 33.9. The number of hydrogen-bond acceptors (Lipinski definition) is 9.